The van der Waals surface area contributed by atoms with Gasteiger partial charge in [0.1, 0.15) is 12.5 Å². The van der Waals surface area contributed by atoms with Gasteiger partial charge >= 0.3 is 6.18 Å². The molecule has 2 nitrogen and oxygen atoms in total. The predicted molar refractivity (Wildman–Crippen MR) is 111 cm³/mol. The van der Waals surface area contributed by atoms with Gasteiger partial charge in [-0.05, 0) is 79.1 Å². The van der Waals surface area contributed by atoms with Gasteiger partial charge in [0.2, 0.25) is 0 Å². The van der Waals surface area contributed by atoms with Crippen molar-refractivity contribution in [3.63, 3.8) is 0 Å². The lowest BCUT2D eigenvalue weighted by atomic mass is 9.74. The van der Waals surface area contributed by atoms with Gasteiger partial charge < -0.3 is 4.74 Å². The zero-order valence-corrected chi connectivity index (χ0v) is 17.6. The minimum atomic E-state index is -4.57. The second-order valence-electron chi connectivity index (χ2n) is 8.37. The zero-order valence-electron chi connectivity index (χ0n) is 17.6. The number of ether oxygens (including phenoxy) is 1. The molecule has 0 saturated carbocycles. The molecule has 2 aliphatic rings. The fourth-order valence-electron chi connectivity index (χ4n) is 4.66. The van der Waals surface area contributed by atoms with Gasteiger partial charge in [0, 0.05) is 17.8 Å². The fourth-order valence-corrected chi connectivity index (χ4v) is 4.66. The van der Waals surface area contributed by atoms with Gasteiger partial charge in [-0.2, -0.15) is 13.2 Å². The summed E-state index contributed by atoms with van der Waals surface area (Å²) in [7, 11) is 0. The molecule has 2 unspecified atom stereocenters. The van der Waals surface area contributed by atoms with E-state index in [1.54, 1.807) is 13.1 Å². The molecule has 0 aliphatic heterocycles. The van der Waals surface area contributed by atoms with Gasteiger partial charge in [-0.25, -0.2) is 8.78 Å². The van der Waals surface area contributed by atoms with Crippen molar-refractivity contribution in [2.24, 2.45) is 5.92 Å². The molecule has 0 amide bonds. The lowest BCUT2D eigenvalue weighted by Crippen LogP contribution is -2.34. The van der Waals surface area contributed by atoms with Gasteiger partial charge in [-0.3, -0.25) is 4.98 Å². The van der Waals surface area contributed by atoms with E-state index in [2.05, 4.69) is 4.98 Å². The van der Waals surface area contributed by atoms with E-state index < -0.39 is 24.5 Å². The highest BCUT2D eigenvalue weighted by Gasteiger charge is 2.38. The van der Waals surface area contributed by atoms with E-state index in [-0.39, 0.29) is 34.9 Å². The summed E-state index contributed by atoms with van der Waals surface area (Å²) in [5, 5.41) is 0. The Morgan fingerprint density at radius 3 is 2.72 bits per heavy atom. The minimum Gasteiger partial charge on any atom is -0.370 e. The molecule has 4 atom stereocenters. The molecular formula is C25H24F5NO. The summed E-state index contributed by atoms with van der Waals surface area (Å²) in [6.07, 6.45) is 2.81. The Morgan fingerprint density at radius 2 is 2.03 bits per heavy atom. The average molecular weight is 449 g/mol. The van der Waals surface area contributed by atoms with Gasteiger partial charge in [0.25, 0.3) is 0 Å². The summed E-state index contributed by atoms with van der Waals surface area (Å²) in [4.78, 5) is 4.57. The molecule has 4 rings (SSSR count). The quantitative estimate of drug-likeness (QED) is 0.451. The number of fused-ring (bicyclic) bond motifs is 1. The Balaban J connectivity index is 1.63. The minimum absolute atomic E-state index is 0.0340. The van der Waals surface area contributed by atoms with E-state index in [1.165, 1.54) is 18.2 Å². The number of aromatic nitrogens is 1. The Morgan fingerprint density at radius 1 is 1.22 bits per heavy atom. The first-order valence-electron chi connectivity index (χ1n) is 10.7. The molecule has 170 valence electrons. The van der Waals surface area contributed by atoms with Crippen LogP contribution in [-0.2, 0) is 24.0 Å². The molecule has 0 radical (unpaired) electrons. The number of allylic oxidation sites excluding steroid dienone is 4. The Hall–Kier alpha value is -2.54. The summed E-state index contributed by atoms with van der Waals surface area (Å²) in [6.45, 7) is 0.691. The topological polar surface area (TPSA) is 22.1 Å². The summed E-state index contributed by atoms with van der Waals surface area (Å²) < 4.78 is 73.0. The van der Waals surface area contributed by atoms with E-state index in [0.717, 1.165) is 29.8 Å². The third-order valence-corrected chi connectivity index (χ3v) is 6.23. The van der Waals surface area contributed by atoms with E-state index >= 15 is 0 Å². The van der Waals surface area contributed by atoms with Crippen LogP contribution in [0.1, 0.15) is 59.7 Å². The van der Waals surface area contributed by atoms with Crippen LogP contribution in [0.2, 0.25) is 0 Å². The van der Waals surface area contributed by atoms with E-state index in [1.807, 2.05) is 18.2 Å². The van der Waals surface area contributed by atoms with E-state index in [0.29, 0.717) is 12.8 Å². The Kier molecular flexibility index (Phi) is 6.47. The first kappa shape index (κ1) is 22.6. The number of pyridine rings is 1. The van der Waals surface area contributed by atoms with Crippen molar-refractivity contribution in [3.8, 4) is 0 Å². The van der Waals surface area contributed by atoms with E-state index in [4.69, 9.17) is 4.74 Å². The zero-order chi connectivity index (χ0) is 22.9. The number of hydrogen-bond acceptors (Lipinski definition) is 2. The Labute approximate surface area is 183 Å². The van der Waals surface area contributed by atoms with Gasteiger partial charge in [-0.1, -0.05) is 18.2 Å². The van der Waals surface area contributed by atoms with Gasteiger partial charge in [0.15, 0.2) is 0 Å². The summed E-state index contributed by atoms with van der Waals surface area (Å²) >= 11 is 0. The van der Waals surface area contributed by atoms with E-state index in [9.17, 15) is 22.0 Å². The van der Waals surface area contributed by atoms with Gasteiger partial charge in [-0.15, -0.1) is 0 Å². The lowest BCUT2D eigenvalue weighted by Gasteiger charge is -2.38. The molecule has 1 heterocycles. The monoisotopic (exact) mass is 449 g/mol. The number of aryl methyl sites for hydroxylation is 1. The average Bonchev–Trinajstić information content (AvgIpc) is 2.78. The third kappa shape index (κ3) is 4.77. The largest absolute Gasteiger partial charge is 0.416 e. The second-order valence-corrected chi connectivity index (χ2v) is 8.37. The molecule has 0 N–H and O–H groups in total. The summed E-state index contributed by atoms with van der Waals surface area (Å²) in [5.41, 5.74) is 1.35. The van der Waals surface area contributed by atoms with Crippen molar-refractivity contribution in [2.45, 2.75) is 57.2 Å². The molecule has 2 aliphatic carbocycles. The van der Waals surface area contributed by atoms with Crippen molar-refractivity contribution in [1.82, 2.24) is 4.98 Å². The number of rotatable bonds is 5. The maximum atomic E-state index is 13.6. The maximum absolute atomic E-state index is 13.6. The molecule has 1 aromatic heterocycles. The van der Waals surface area contributed by atoms with Crippen LogP contribution in [0.4, 0.5) is 22.0 Å². The van der Waals surface area contributed by atoms with Crippen LogP contribution >= 0.6 is 0 Å². The Bertz CT molecular complexity index is 1030. The highest BCUT2D eigenvalue weighted by molar-refractivity contribution is 5.34. The molecule has 7 heteroatoms. The molecule has 0 spiro atoms. The van der Waals surface area contributed by atoms with Crippen molar-refractivity contribution in [3.05, 3.63) is 88.5 Å². The van der Waals surface area contributed by atoms with Crippen LogP contribution < -0.4 is 0 Å². The van der Waals surface area contributed by atoms with Crippen LogP contribution in [0.15, 0.2) is 60.6 Å². The number of hydrogen-bond donors (Lipinski definition) is 0. The first-order chi connectivity index (χ1) is 15.3. The van der Waals surface area contributed by atoms with Crippen molar-refractivity contribution < 1.29 is 26.7 Å². The van der Waals surface area contributed by atoms with Crippen molar-refractivity contribution >= 4 is 0 Å². The predicted octanol–water partition coefficient (Wildman–Crippen LogP) is 7.18. The molecular weight excluding hydrogens is 425 g/mol. The highest BCUT2D eigenvalue weighted by Crippen LogP contribution is 2.43. The van der Waals surface area contributed by atoms with Crippen LogP contribution in [0.25, 0.3) is 0 Å². The number of benzene rings is 1. The first-order valence-corrected chi connectivity index (χ1v) is 10.7. The van der Waals surface area contributed by atoms with Crippen LogP contribution in [0.5, 0.6) is 0 Å². The third-order valence-electron chi connectivity index (χ3n) is 6.23. The second kappa shape index (κ2) is 9.14. The van der Waals surface area contributed by atoms with Crippen LogP contribution in [-0.4, -0.2) is 11.1 Å². The molecule has 2 aromatic rings. The summed E-state index contributed by atoms with van der Waals surface area (Å²) in [6, 6.07) is 7.15. The van der Waals surface area contributed by atoms with Crippen molar-refractivity contribution in [1.29, 1.82) is 0 Å². The molecule has 1 aromatic carbocycles. The van der Waals surface area contributed by atoms with Crippen molar-refractivity contribution in [2.75, 3.05) is 0 Å². The number of nitrogens with zero attached hydrogens (tertiary/aromatic N) is 1. The normalized spacial score (nSPS) is 24.1. The fraction of sp³-hybridized carbons (Fsp3) is 0.400. The highest BCUT2D eigenvalue weighted by atomic mass is 19.4. The molecule has 0 fully saturated rings. The molecule has 0 saturated heterocycles. The van der Waals surface area contributed by atoms with Gasteiger partial charge in [0.05, 0.1) is 17.8 Å². The number of halogens is 5. The molecule has 0 bridgehead atoms. The lowest BCUT2D eigenvalue weighted by molar-refractivity contribution is -0.137. The molecule has 32 heavy (non-hydrogen) atoms. The van der Waals surface area contributed by atoms with Crippen LogP contribution in [0, 0.1) is 5.92 Å². The maximum Gasteiger partial charge on any atom is 0.416 e. The standard InChI is InChI=1S/C25H24F5NO/c1-15(19-11-16(14-26)12-20(13-19)25(28,29)30)32-22-9-6-18-3-2-10-31-24(18)23(22)17-4-7-21(27)8-5-17/h2-4,7-8,10-13,15,17,22-23H,5-6,9,14H2,1H3/t15?,17?,22-,23+/m1/s1. The number of alkyl halides is 4. The van der Waals surface area contributed by atoms with Crippen LogP contribution in [0.3, 0.4) is 0 Å². The SMILES string of the molecule is CC(O[C@@H]1CCc2cccnc2[C@H]1C1C=CC(F)=CC1)c1cc(CF)cc(C(F)(F)F)c1. The summed E-state index contributed by atoms with van der Waals surface area (Å²) in [5.74, 6) is -0.482. The smallest absolute Gasteiger partial charge is 0.370 e.